The van der Waals surface area contributed by atoms with Crippen LogP contribution in [-0.4, -0.2) is 40.9 Å². The topological polar surface area (TPSA) is 49.9 Å². The number of carbonyl (C=O) groups excluding carboxylic acids is 2. The third-order valence-electron chi connectivity index (χ3n) is 4.04. The number of carbonyl (C=O) groups is 2. The average Bonchev–Trinajstić information content (AvgIpc) is 2.98. The zero-order chi connectivity index (χ0) is 17.8. The summed E-state index contributed by atoms with van der Waals surface area (Å²) in [6.07, 6.45) is -0.664. The van der Waals surface area contributed by atoms with Gasteiger partial charge in [-0.3, -0.25) is 9.59 Å². The van der Waals surface area contributed by atoms with Crippen molar-refractivity contribution < 1.29 is 14.3 Å². The van der Waals surface area contributed by atoms with Gasteiger partial charge in [-0.1, -0.05) is 42.5 Å². The number of hydrogen-bond acceptors (Lipinski definition) is 3. The van der Waals surface area contributed by atoms with Gasteiger partial charge in [0.05, 0.1) is 11.1 Å². The lowest BCUT2D eigenvalue weighted by Crippen LogP contribution is -2.40. The molecule has 2 aromatic rings. The van der Waals surface area contributed by atoms with Gasteiger partial charge in [-0.25, -0.2) is 0 Å². The van der Waals surface area contributed by atoms with Gasteiger partial charge in [0, 0.05) is 6.54 Å². The lowest BCUT2D eigenvalue weighted by molar-refractivity contribution is -0.137. The Hall–Kier alpha value is -2.34. The lowest BCUT2D eigenvalue weighted by Gasteiger charge is -2.22. The molecule has 0 aromatic heterocycles. The van der Waals surface area contributed by atoms with Crippen LogP contribution >= 0.6 is 15.9 Å². The van der Waals surface area contributed by atoms with Crippen molar-refractivity contribution in [2.45, 2.75) is 19.6 Å². The predicted molar refractivity (Wildman–Crippen MR) is 97.8 cm³/mol. The van der Waals surface area contributed by atoms with E-state index in [0.29, 0.717) is 12.3 Å². The summed E-state index contributed by atoms with van der Waals surface area (Å²) in [5, 5.41) is 0. The van der Waals surface area contributed by atoms with Crippen molar-refractivity contribution in [2.75, 3.05) is 13.2 Å². The quantitative estimate of drug-likeness (QED) is 0.771. The van der Waals surface area contributed by atoms with Crippen molar-refractivity contribution in [3.63, 3.8) is 0 Å². The minimum absolute atomic E-state index is 0.0507. The Morgan fingerprint density at radius 2 is 1.84 bits per heavy atom. The van der Waals surface area contributed by atoms with Crippen molar-refractivity contribution >= 4 is 27.7 Å². The molecule has 0 aliphatic carbocycles. The Morgan fingerprint density at radius 3 is 2.56 bits per heavy atom. The molecule has 1 heterocycles. The van der Waals surface area contributed by atoms with Gasteiger partial charge in [0.25, 0.3) is 5.91 Å². The third kappa shape index (κ3) is 4.20. The van der Waals surface area contributed by atoms with E-state index < -0.39 is 6.10 Å². The van der Waals surface area contributed by atoms with Gasteiger partial charge in [0.2, 0.25) is 5.91 Å². The highest BCUT2D eigenvalue weighted by molar-refractivity contribution is 9.10. The first-order valence-corrected chi connectivity index (χ1v) is 8.85. The van der Waals surface area contributed by atoms with Crippen LogP contribution in [0.4, 0.5) is 0 Å². The minimum Gasteiger partial charge on any atom is -0.480 e. The van der Waals surface area contributed by atoms with E-state index in [1.165, 1.54) is 4.90 Å². The maximum atomic E-state index is 12.6. The maximum Gasteiger partial charge on any atom is 0.265 e. The number of halogens is 1. The Kier molecular flexibility index (Phi) is 5.38. The molecule has 3 rings (SSSR count). The minimum atomic E-state index is -0.664. The van der Waals surface area contributed by atoms with Gasteiger partial charge in [-0.15, -0.1) is 0 Å². The molecule has 2 aromatic carbocycles. The van der Waals surface area contributed by atoms with Crippen molar-refractivity contribution in [3.05, 3.63) is 64.6 Å². The van der Waals surface area contributed by atoms with Gasteiger partial charge in [0.1, 0.15) is 12.3 Å². The lowest BCUT2D eigenvalue weighted by atomic mass is 10.2. The first kappa shape index (κ1) is 17.5. The second-order valence-corrected chi connectivity index (χ2v) is 6.80. The standard InChI is InChI=1S/C19H19BrN2O3/c1-14(25-17-10-6-5-9-16(17)20)19(24)22-12-18(23)21(13-22)11-15-7-3-2-4-8-15/h2-10,14H,11-13H2,1H3. The molecular formula is C19H19BrN2O3. The molecule has 1 saturated heterocycles. The summed E-state index contributed by atoms with van der Waals surface area (Å²) in [5.41, 5.74) is 1.04. The third-order valence-corrected chi connectivity index (χ3v) is 4.69. The fourth-order valence-corrected chi connectivity index (χ4v) is 3.10. The molecule has 5 nitrogen and oxygen atoms in total. The molecule has 0 N–H and O–H groups in total. The number of rotatable bonds is 5. The van der Waals surface area contributed by atoms with E-state index in [9.17, 15) is 9.59 Å². The van der Waals surface area contributed by atoms with Crippen LogP contribution in [0, 0.1) is 0 Å². The normalized spacial score (nSPS) is 15.4. The average molecular weight is 403 g/mol. The Bertz CT molecular complexity index is 766. The second-order valence-electron chi connectivity index (χ2n) is 5.95. The molecule has 0 bridgehead atoms. The van der Waals surface area contributed by atoms with Crippen LogP contribution in [0.3, 0.4) is 0 Å². The van der Waals surface area contributed by atoms with Crippen molar-refractivity contribution in [3.8, 4) is 5.75 Å². The molecule has 0 radical (unpaired) electrons. The molecule has 0 spiro atoms. The zero-order valence-corrected chi connectivity index (χ0v) is 15.5. The van der Waals surface area contributed by atoms with E-state index in [4.69, 9.17) is 4.74 Å². The molecule has 1 aliphatic rings. The number of ether oxygens (including phenoxy) is 1. The SMILES string of the molecule is CC(Oc1ccccc1Br)C(=O)N1CC(=O)N(Cc2ccccc2)C1. The first-order valence-electron chi connectivity index (χ1n) is 8.06. The van der Waals surface area contributed by atoms with Crippen LogP contribution in [0.25, 0.3) is 0 Å². The molecule has 1 atom stereocenters. The van der Waals surface area contributed by atoms with Gasteiger partial charge >= 0.3 is 0 Å². The Labute approximate surface area is 155 Å². The number of amides is 2. The molecule has 6 heteroatoms. The highest BCUT2D eigenvalue weighted by Crippen LogP contribution is 2.25. The van der Waals surface area contributed by atoms with Crippen LogP contribution < -0.4 is 4.74 Å². The van der Waals surface area contributed by atoms with E-state index >= 15 is 0 Å². The van der Waals surface area contributed by atoms with Crippen LogP contribution in [-0.2, 0) is 16.1 Å². The fraction of sp³-hybridized carbons (Fsp3) is 0.263. The summed E-state index contributed by atoms with van der Waals surface area (Å²) in [7, 11) is 0. The summed E-state index contributed by atoms with van der Waals surface area (Å²) >= 11 is 3.40. The summed E-state index contributed by atoms with van der Waals surface area (Å²) in [5.74, 6) is 0.361. The van der Waals surface area contributed by atoms with Gasteiger partial charge in [-0.2, -0.15) is 0 Å². The number of benzene rings is 2. The molecule has 2 amide bonds. The van der Waals surface area contributed by atoms with E-state index in [-0.39, 0.29) is 25.0 Å². The van der Waals surface area contributed by atoms with Crippen molar-refractivity contribution in [1.29, 1.82) is 0 Å². The molecule has 25 heavy (non-hydrogen) atoms. The summed E-state index contributed by atoms with van der Waals surface area (Å²) in [4.78, 5) is 28.0. The van der Waals surface area contributed by atoms with Gasteiger partial charge in [-0.05, 0) is 40.5 Å². The van der Waals surface area contributed by atoms with Crippen LogP contribution in [0.5, 0.6) is 5.75 Å². The van der Waals surface area contributed by atoms with E-state index in [2.05, 4.69) is 15.9 Å². The highest BCUT2D eigenvalue weighted by Gasteiger charge is 2.33. The summed E-state index contributed by atoms with van der Waals surface area (Å²) in [6.45, 7) is 2.58. The van der Waals surface area contributed by atoms with E-state index in [0.717, 1.165) is 10.0 Å². The Balaban J connectivity index is 1.61. The number of nitrogens with zero attached hydrogens (tertiary/aromatic N) is 2. The Morgan fingerprint density at radius 1 is 1.16 bits per heavy atom. The van der Waals surface area contributed by atoms with E-state index in [1.807, 2.05) is 48.5 Å². The van der Waals surface area contributed by atoms with Crippen LogP contribution in [0.1, 0.15) is 12.5 Å². The second kappa shape index (κ2) is 7.70. The molecule has 1 fully saturated rings. The number of para-hydroxylation sites is 1. The van der Waals surface area contributed by atoms with Crippen molar-refractivity contribution in [2.24, 2.45) is 0 Å². The molecule has 0 saturated carbocycles. The maximum absolute atomic E-state index is 12.6. The monoisotopic (exact) mass is 402 g/mol. The molecule has 1 unspecified atom stereocenters. The van der Waals surface area contributed by atoms with Crippen LogP contribution in [0.15, 0.2) is 59.1 Å². The van der Waals surface area contributed by atoms with E-state index in [1.54, 1.807) is 17.9 Å². The first-order chi connectivity index (χ1) is 12.0. The zero-order valence-electron chi connectivity index (χ0n) is 13.9. The summed E-state index contributed by atoms with van der Waals surface area (Å²) < 4.78 is 6.53. The number of hydrogen-bond donors (Lipinski definition) is 0. The fourth-order valence-electron chi connectivity index (χ4n) is 2.73. The summed E-state index contributed by atoms with van der Waals surface area (Å²) in [6, 6.07) is 17.1. The molecular weight excluding hydrogens is 384 g/mol. The predicted octanol–water partition coefficient (Wildman–Crippen LogP) is 3.04. The smallest absolute Gasteiger partial charge is 0.265 e. The molecule has 130 valence electrons. The van der Waals surface area contributed by atoms with Gasteiger partial charge < -0.3 is 14.5 Å². The molecule has 1 aliphatic heterocycles. The highest BCUT2D eigenvalue weighted by atomic mass is 79.9. The van der Waals surface area contributed by atoms with Gasteiger partial charge in [0.15, 0.2) is 6.10 Å². The largest absolute Gasteiger partial charge is 0.480 e. The van der Waals surface area contributed by atoms with Crippen molar-refractivity contribution in [1.82, 2.24) is 9.80 Å². The van der Waals surface area contributed by atoms with Crippen LogP contribution in [0.2, 0.25) is 0 Å².